The lowest BCUT2D eigenvalue weighted by molar-refractivity contribution is 0.354. The number of benzene rings is 1. The predicted octanol–water partition coefficient (Wildman–Crippen LogP) is 1.77. The van der Waals surface area contributed by atoms with Gasteiger partial charge in [-0.15, -0.1) is 0 Å². The average Bonchev–Trinajstić information content (AvgIpc) is 2.26. The molecule has 102 valence electrons. The zero-order valence-corrected chi connectivity index (χ0v) is 11.5. The molecule has 0 bridgehead atoms. The van der Waals surface area contributed by atoms with E-state index in [0.717, 1.165) is 5.56 Å². The lowest BCUT2D eigenvalue weighted by Gasteiger charge is -2.12. The lowest BCUT2D eigenvalue weighted by atomic mass is 10.0. The summed E-state index contributed by atoms with van der Waals surface area (Å²) in [6.07, 6.45) is 0.542. The van der Waals surface area contributed by atoms with Crippen LogP contribution in [0, 0.1) is 5.92 Å². The Kier molecular flexibility index (Phi) is 4.98. The molecule has 0 aromatic heterocycles. The van der Waals surface area contributed by atoms with Gasteiger partial charge in [-0.2, -0.15) is 8.42 Å². The molecule has 0 radical (unpaired) electrons. The van der Waals surface area contributed by atoms with Crippen LogP contribution in [0.1, 0.15) is 12.5 Å². The third kappa shape index (κ3) is 4.54. The highest BCUT2D eigenvalue weighted by molar-refractivity contribution is 7.85. The molecule has 1 N–H and O–H groups in total. The van der Waals surface area contributed by atoms with Crippen molar-refractivity contribution >= 4 is 10.1 Å². The van der Waals surface area contributed by atoms with E-state index >= 15 is 0 Å². The van der Waals surface area contributed by atoms with Gasteiger partial charge in [0.1, 0.15) is 0 Å². The van der Waals surface area contributed by atoms with Crippen LogP contribution >= 0.6 is 0 Å². The Morgan fingerprint density at radius 3 is 2.33 bits per heavy atom. The highest BCUT2D eigenvalue weighted by Crippen LogP contribution is 2.28. The molecule has 0 aliphatic rings. The summed E-state index contributed by atoms with van der Waals surface area (Å²) in [4.78, 5) is 0. The van der Waals surface area contributed by atoms with Gasteiger partial charge in [0.05, 0.1) is 20.0 Å². The molecule has 1 aromatic rings. The fourth-order valence-electron chi connectivity index (χ4n) is 1.83. The SMILES string of the molecule is COc1ccc(C[C@@H](C)CS(=O)(=O)O)cc1OC. The van der Waals surface area contributed by atoms with Crippen molar-refractivity contribution in [2.45, 2.75) is 13.3 Å². The summed E-state index contributed by atoms with van der Waals surface area (Å²) in [5.41, 5.74) is 0.934. The van der Waals surface area contributed by atoms with E-state index < -0.39 is 10.1 Å². The number of hydrogen-bond acceptors (Lipinski definition) is 4. The van der Waals surface area contributed by atoms with E-state index in [2.05, 4.69) is 0 Å². The van der Waals surface area contributed by atoms with E-state index in [1.165, 1.54) is 0 Å². The van der Waals surface area contributed by atoms with Crippen LogP contribution in [-0.2, 0) is 16.5 Å². The maximum atomic E-state index is 10.8. The second-order valence-electron chi connectivity index (χ2n) is 4.25. The summed E-state index contributed by atoms with van der Waals surface area (Å²) in [7, 11) is -0.829. The highest BCUT2D eigenvalue weighted by Gasteiger charge is 2.14. The Labute approximate surface area is 107 Å². The van der Waals surface area contributed by atoms with E-state index in [4.69, 9.17) is 14.0 Å². The van der Waals surface area contributed by atoms with Gasteiger partial charge in [0, 0.05) is 0 Å². The van der Waals surface area contributed by atoms with Crippen molar-refractivity contribution in [3.05, 3.63) is 23.8 Å². The number of ether oxygens (including phenoxy) is 2. The molecule has 0 heterocycles. The summed E-state index contributed by atoms with van der Waals surface area (Å²) in [6.45, 7) is 1.77. The van der Waals surface area contributed by atoms with Crippen molar-refractivity contribution in [1.29, 1.82) is 0 Å². The van der Waals surface area contributed by atoms with Crippen LogP contribution in [0.3, 0.4) is 0 Å². The summed E-state index contributed by atoms with van der Waals surface area (Å²) >= 11 is 0. The molecule has 5 nitrogen and oxygen atoms in total. The van der Waals surface area contributed by atoms with Gasteiger partial charge in [-0.1, -0.05) is 13.0 Å². The molecule has 18 heavy (non-hydrogen) atoms. The fourth-order valence-corrected chi connectivity index (χ4v) is 2.67. The number of hydrogen-bond donors (Lipinski definition) is 1. The first-order valence-corrected chi connectivity index (χ1v) is 7.12. The highest BCUT2D eigenvalue weighted by atomic mass is 32.2. The predicted molar refractivity (Wildman–Crippen MR) is 68.8 cm³/mol. The minimum atomic E-state index is -3.93. The first kappa shape index (κ1) is 14.8. The maximum Gasteiger partial charge on any atom is 0.265 e. The topological polar surface area (TPSA) is 72.8 Å². The monoisotopic (exact) mass is 274 g/mol. The van der Waals surface area contributed by atoms with Gasteiger partial charge in [0.15, 0.2) is 11.5 Å². The minimum absolute atomic E-state index is 0.168. The van der Waals surface area contributed by atoms with Crippen LogP contribution in [0.4, 0.5) is 0 Å². The molecule has 6 heteroatoms. The maximum absolute atomic E-state index is 10.8. The van der Waals surface area contributed by atoms with E-state index in [9.17, 15) is 8.42 Å². The van der Waals surface area contributed by atoms with E-state index in [1.807, 2.05) is 6.07 Å². The molecule has 0 unspecified atom stereocenters. The van der Waals surface area contributed by atoms with Gasteiger partial charge in [0.25, 0.3) is 10.1 Å². The Bertz CT molecular complexity index is 495. The Balaban J connectivity index is 2.79. The minimum Gasteiger partial charge on any atom is -0.493 e. The smallest absolute Gasteiger partial charge is 0.265 e. The zero-order valence-electron chi connectivity index (χ0n) is 10.7. The second kappa shape index (κ2) is 6.06. The van der Waals surface area contributed by atoms with Crippen molar-refractivity contribution in [2.75, 3.05) is 20.0 Å². The van der Waals surface area contributed by atoms with Crippen LogP contribution in [-0.4, -0.2) is 32.9 Å². The second-order valence-corrected chi connectivity index (χ2v) is 5.74. The Hall–Kier alpha value is -1.27. The third-order valence-electron chi connectivity index (χ3n) is 2.53. The quantitative estimate of drug-likeness (QED) is 0.800. The molecular formula is C12H18O5S. The molecule has 0 amide bonds. The summed E-state index contributed by atoms with van der Waals surface area (Å²) in [5.74, 6) is 0.817. The standard InChI is InChI=1S/C12H18O5S/c1-9(8-18(13,14)15)6-10-4-5-11(16-2)12(7-10)17-3/h4-5,7,9H,6,8H2,1-3H3,(H,13,14,15)/t9-/m1/s1. The van der Waals surface area contributed by atoms with Crippen LogP contribution in [0.15, 0.2) is 18.2 Å². The molecule has 1 atom stereocenters. The van der Waals surface area contributed by atoms with Crippen molar-refractivity contribution in [3.63, 3.8) is 0 Å². The lowest BCUT2D eigenvalue weighted by Crippen LogP contribution is -2.14. The molecule has 0 aliphatic heterocycles. The first-order chi connectivity index (χ1) is 8.35. The molecule has 0 aliphatic carbocycles. The van der Waals surface area contributed by atoms with Gasteiger partial charge in [-0.3, -0.25) is 4.55 Å². The van der Waals surface area contributed by atoms with Crippen molar-refractivity contribution < 1.29 is 22.4 Å². The van der Waals surface area contributed by atoms with E-state index in [0.29, 0.717) is 17.9 Å². The van der Waals surface area contributed by atoms with Crippen molar-refractivity contribution in [1.82, 2.24) is 0 Å². The van der Waals surface area contributed by atoms with E-state index in [-0.39, 0.29) is 11.7 Å². The summed E-state index contributed by atoms with van der Waals surface area (Å²) < 4.78 is 40.6. The van der Waals surface area contributed by atoms with Crippen LogP contribution in [0.25, 0.3) is 0 Å². The van der Waals surface area contributed by atoms with Gasteiger partial charge in [-0.25, -0.2) is 0 Å². The molecular weight excluding hydrogens is 256 g/mol. The van der Waals surface area contributed by atoms with Crippen LogP contribution in [0.2, 0.25) is 0 Å². The fraction of sp³-hybridized carbons (Fsp3) is 0.500. The van der Waals surface area contributed by atoms with Gasteiger partial charge in [-0.05, 0) is 30.0 Å². The normalized spacial score (nSPS) is 13.1. The molecule has 1 aromatic carbocycles. The van der Waals surface area contributed by atoms with Crippen LogP contribution < -0.4 is 9.47 Å². The van der Waals surface area contributed by atoms with Crippen LogP contribution in [0.5, 0.6) is 11.5 Å². The van der Waals surface area contributed by atoms with E-state index in [1.54, 1.807) is 33.3 Å². The molecule has 0 spiro atoms. The average molecular weight is 274 g/mol. The van der Waals surface area contributed by atoms with Crippen molar-refractivity contribution in [2.24, 2.45) is 5.92 Å². The Morgan fingerprint density at radius 1 is 1.22 bits per heavy atom. The first-order valence-electron chi connectivity index (χ1n) is 5.51. The number of rotatable bonds is 6. The molecule has 0 saturated heterocycles. The zero-order chi connectivity index (χ0) is 13.8. The van der Waals surface area contributed by atoms with Gasteiger partial charge >= 0.3 is 0 Å². The molecule has 0 saturated carbocycles. The third-order valence-corrected chi connectivity index (χ3v) is 3.52. The largest absolute Gasteiger partial charge is 0.493 e. The number of methoxy groups -OCH3 is 2. The van der Waals surface area contributed by atoms with Gasteiger partial charge in [0.2, 0.25) is 0 Å². The molecule has 0 fully saturated rings. The summed E-state index contributed by atoms with van der Waals surface area (Å²) in [5, 5.41) is 0. The van der Waals surface area contributed by atoms with Gasteiger partial charge < -0.3 is 9.47 Å². The Morgan fingerprint density at radius 2 is 1.83 bits per heavy atom. The van der Waals surface area contributed by atoms with Crippen molar-refractivity contribution in [3.8, 4) is 11.5 Å². The molecule has 1 rings (SSSR count). The summed E-state index contributed by atoms with van der Waals surface area (Å²) in [6, 6.07) is 5.43.